The van der Waals surface area contributed by atoms with Gasteiger partial charge in [0, 0.05) is 42.9 Å². The number of aromatic nitrogens is 3. The number of benzene rings is 1. The van der Waals surface area contributed by atoms with Crippen molar-refractivity contribution >= 4 is 29.3 Å². The molecule has 0 radical (unpaired) electrons. The van der Waals surface area contributed by atoms with E-state index < -0.39 is 0 Å². The molecule has 1 aromatic carbocycles. The maximum absolute atomic E-state index is 12.5. The standard InChI is InChI=1S/C25H23N5O2/c1-14-11-28-22(13-27-14)17-5-3-4-16(8-17)18-9-19-20(10-18)23(30-24(31)15-6-7-15)29-12-21(19)25(32)26-2/h3-5,8-9,11-13,15H,6-7,10H2,1-2H3,(H,26,32)(H,29,30,31). The largest absolute Gasteiger partial charge is 0.355 e. The molecule has 2 amide bonds. The lowest BCUT2D eigenvalue weighted by Crippen LogP contribution is -2.21. The Morgan fingerprint density at radius 2 is 1.84 bits per heavy atom. The Labute approximate surface area is 186 Å². The number of carbonyl (C=O) groups is 2. The molecular weight excluding hydrogens is 402 g/mol. The van der Waals surface area contributed by atoms with Crippen molar-refractivity contribution in [3.63, 3.8) is 0 Å². The number of nitrogens with one attached hydrogen (secondary N) is 2. The average Bonchev–Trinajstić information content (AvgIpc) is 3.57. The summed E-state index contributed by atoms with van der Waals surface area (Å²) in [5.74, 6) is 0.416. The van der Waals surface area contributed by atoms with E-state index in [9.17, 15) is 9.59 Å². The van der Waals surface area contributed by atoms with Crippen molar-refractivity contribution in [2.24, 2.45) is 5.92 Å². The Balaban J connectivity index is 1.51. The van der Waals surface area contributed by atoms with Crippen LogP contribution < -0.4 is 10.6 Å². The summed E-state index contributed by atoms with van der Waals surface area (Å²) >= 11 is 0. The van der Waals surface area contributed by atoms with Gasteiger partial charge in [0.1, 0.15) is 5.82 Å². The first kappa shape index (κ1) is 20.1. The highest BCUT2D eigenvalue weighted by Gasteiger charge is 2.31. The number of carbonyl (C=O) groups excluding carboxylic acids is 2. The van der Waals surface area contributed by atoms with Gasteiger partial charge in [0.15, 0.2) is 0 Å². The van der Waals surface area contributed by atoms with Gasteiger partial charge in [-0.15, -0.1) is 0 Å². The molecule has 0 spiro atoms. The van der Waals surface area contributed by atoms with Gasteiger partial charge in [-0.05, 0) is 48.6 Å². The summed E-state index contributed by atoms with van der Waals surface area (Å²) in [5, 5.41) is 5.65. The SMILES string of the molecule is CNC(=O)c1cnc(NC(=O)C2CC2)c2c1C=C(c1cccc(-c3cnc(C)cn3)c1)C2. The Morgan fingerprint density at radius 3 is 2.56 bits per heavy atom. The van der Waals surface area contributed by atoms with Gasteiger partial charge in [0.25, 0.3) is 5.91 Å². The van der Waals surface area contributed by atoms with Crippen LogP contribution in [0, 0.1) is 12.8 Å². The Kier molecular flexibility index (Phi) is 5.01. The molecule has 5 rings (SSSR count). The Bertz CT molecular complexity index is 1260. The second kappa shape index (κ2) is 8.00. The summed E-state index contributed by atoms with van der Waals surface area (Å²) in [6.45, 7) is 1.91. The second-order valence-electron chi connectivity index (χ2n) is 8.23. The molecule has 7 nitrogen and oxygen atoms in total. The average molecular weight is 425 g/mol. The number of nitrogens with zero attached hydrogens (tertiary/aromatic N) is 3. The van der Waals surface area contributed by atoms with Crippen LogP contribution in [0.5, 0.6) is 0 Å². The molecule has 2 N–H and O–H groups in total. The summed E-state index contributed by atoms with van der Waals surface area (Å²) in [6.07, 6.45) is 9.50. The molecule has 1 saturated carbocycles. The number of rotatable bonds is 5. The quantitative estimate of drug-likeness (QED) is 0.650. The van der Waals surface area contributed by atoms with Gasteiger partial charge in [-0.3, -0.25) is 19.6 Å². The van der Waals surface area contributed by atoms with E-state index >= 15 is 0 Å². The first-order chi connectivity index (χ1) is 15.5. The predicted molar refractivity (Wildman–Crippen MR) is 123 cm³/mol. The molecule has 32 heavy (non-hydrogen) atoms. The fourth-order valence-corrected chi connectivity index (χ4v) is 3.92. The van der Waals surface area contributed by atoms with Crippen LogP contribution in [0.3, 0.4) is 0 Å². The maximum atomic E-state index is 12.5. The predicted octanol–water partition coefficient (Wildman–Crippen LogP) is 3.65. The molecule has 0 saturated heterocycles. The minimum absolute atomic E-state index is 0.000728. The molecule has 0 bridgehead atoms. The lowest BCUT2D eigenvalue weighted by molar-refractivity contribution is -0.117. The first-order valence-corrected chi connectivity index (χ1v) is 10.7. The molecule has 7 heteroatoms. The molecule has 0 unspecified atom stereocenters. The van der Waals surface area contributed by atoms with Gasteiger partial charge < -0.3 is 10.6 Å². The van der Waals surface area contributed by atoms with Crippen molar-refractivity contribution in [3.8, 4) is 11.3 Å². The van der Waals surface area contributed by atoms with E-state index in [1.54, 1.807) is 19.4 Å². The van der Waals surface area contributed by atoms with Gasteiger partial charge >= 0.3 is 0 Å². The number of anilines is 1. The third-order valence-electron chi connectivity index (χ3n) is 5.88. The number of aryl methyl sites for hydroxylation is 1. The molecule has 0 atom stereocenters. The lowest BCUT2D eigenvalue weighted by Gasteiger charge is -2.12. The maximum Gasteiger partial charge on any atom is 0.253 e. The van der Waals surface area contributed by atoms with Crippen molar-refractivity contribution in [1.82, 2.24) is 20.3 Å². The van der Waals surface area contributed by atoms with Crippen molar-refractivity contribution in [2.75, 3.05) is 12.4 Å². The van der Waals surface area contributed by atoms with E-state index in [1.807, 2.05) is 31.2 Å². The summed E-state index contributed by atoms with van der Waals surface area (Å²) < 4.78 is 0. The lowest BCUT2D eigenvalue weighted by atomic mass is 10.0. The van der Waals surface area contributed by atoms with E-state index in [1.165, 1.54) is 6.20 Å². The number of hydrogen-bond donors (Lipinski definition) is 2. The van der Waals surface area contributed by atoms with Gasteiger partial charge in [-0.25, -0.2) is 4.98 Å². The molecular formula is C25H23N5O2. The fourth-order valence-electron chi connectivity index (χ4n) is 3.92. The van der Waals surface area contributed by atoms with Crippen LogP contribution in [0.4, 0.5) is 5.82 Å². The van der Waals surface area contributed by atoms with Crippen LogP contribution in [0.2, 0.25) is 0 Å². The number of allylic oxidation sites excluding steroid dienone is 1. The van der Waals surface area contributed by atoms with E-state index in [4.69, 9.17) is 0 Å². The molecule has 2 heterocycles. The van der Waals surface area contributed by atoms with Crippen molar-refractivity contribution in [1.29, 1.82) is 0 Å². The molecule has 2 aliphatic rings. The minimum atomic E-state index is -0.199. The summed E-state index contributed by atoms with van der Waals surface area (Å²) in [7, 11) is 1.60. The van der Waals surface area contributed by atoms with E-state index in [2.05, 4.69) is 31.7 Å². The van der Waals surface area contributed by atoms with E-state index in [0.29, 0.717) is 17.8 Å². The molecule has 0 aliphatic heterocycles. The van der Waals surface area contributed by atoms with Crippen LogP contribution in [0.25, 0.3) is 22.9 Å². The second-order valence-corrected chi connectivity index (χ2v) is 8.23. The normalized spacial score (nSPS) is 14.5. The Hall–Kier alpha value is -3.87. The van der Waals surface area contributed by atoms with Crippen LogP contribution in [0.15, 0.2) is 42.9 Å². The monoisotopic (exact) mass is 425 g/mol. The van der Waals surface area contributed by atoms with Crippen molar-refractivity contribution < 1.29 is 9.59 Å². The molecule has 2 aromatic heterocycles. The van der Waals surface area contributed by atoms with Crippen LogP contribution >= 0.6 is 0 Å². The zero-order valence-electron chi connectivity index (χ0n) is 18.0. The highest BCUT2D eigenvalue weighted by atomic mass is 16.2. The smallest absolute Gasteiger partial charge is 0.253 e. The van der Waals surface area contributed by atoms with Crippen molar-refractivity contribution in [2.45, 2.75) is 26.2 Å². The number of fused-ring (bicyclic) bond motifs is 1. The molecule has 2 aliphatic carbocycles. The zero-order valence-corrected chi connectivity index (χ0v) is 18.0. The molecule has 3 aromatic rings. The molecule has 1 fully saturated rings. The van der Waals surface area contributed by atoms with Crippen LogP contribution in [0.1, 0.15) is 45.6 Å². The Morgan fingerprint density at radius 1 is 1.03 bits per heavy atom. The van der Waals surface area contributed by atoms with Gasteiger partial charge in [0.05, 0.1) is 23.1 Å². The highest BCUT2D eigenvalue weighted by molar-refractivity contribution is 6.04. The van der Waals surface area contributed by atoms with E-state index in [0.717, 1.165) is 52.1 Å². The summed E-state index contributed by atoms with van der Waals surface area (Å²) in [6, 6.07) is 8.11. The van der Waals surface area contributed by atoms with E-state index in [-0.39, 0.29) is 17.7 Å². The first-order valence-electron chi connectivity index (χ1n) is 10.7. The zero-order chi connectivity index (χ0) is 22.2. The number of amides is 2. The fraction of sp³-hybridized carbons (Fsp3) is 0.240. The summed E-state index contributed by atoms with van der Waals surface area (Å²) in [5.41, 5.74) is 6.91. The van der Waals surface area contributed by atoms with Gasteiger partial charge in [-0.2, -0.15) is 0 Å². The number of hydrogen-bond acceptors (Lipinski definition) is 5. The topological polar surface area (TPSA) is 96.9 Å². The third-order valence-corrected chi connectivity index (χ3v) is 5.88. The van der Waals surface area contributed by atoms with Crippen LogP contribution in [-0.2, 0) is 11.2 Å². The molecule has 160 valence electrons. The third kappa shape index (κ3) is 3.77. The number of pyridine rings is 1. The van der Waals surface area contributed by atoms with Crippen LogP contribution in [-0.4, -0.2) is 33.8 Å². The minimum Gasteiger partial charge on any atom is -0.355 e. The highest BCUT2D eigenvalue weighted by Crippen LogP contribution is 2.38. The summed E-state index contributed by atoms with van der Waals surface area (Å²) in [4.78, 5) is 38.1. The van der Waals surface area contributed by atoms with Crippen molar-refractivity contribution in [3.05, 3.63) is 70.8 Å². The van der Waals surface area contributed by atoms with Gasteiger partial charge in [0.2, 0.25) is 5.91 Å². The van der Waals surface area contributed by atoms with Gasteiger partial charge in [-0.1, -0.05) is 18.2 Å².